The Hall–Kier alpha value is -3.64. The summed E-state index contributed by atoms with van der Waals surface area (Å²) >= 11 is 0. The smallest absolute Gasteiger partial charge is 0.267 e. The molecule has 0 atom stereocenters. The van der Waals surface area contributed by atoms with E-state index in [0.29, 0.717) is 17.7 Å². The predicted molar refractivity (Wildman–Crippen MR) is 112 cm³/mol. The van der Waals surface area contributed by atoms with Crippen molar-refractivity contribution in [2.75, 3.05) is 25.1 Å². The maximum absolute atomic E-state index is 12.2. The number of aliphatic hydroxyl groups is 1. The van der Waals surface area contributed by atoms with Crippen LogP contribution in [0.3, 0.4) is 0 Å². The van der Waals surface area contributed by atoms with Crippen LogP contribution in [0.2, 0.25) is 0 Å². The van der Waals surface area contributed by atoms with Crippen LogP contribution in [0.15, 0.2) is 66.5 Å². The summed E-state index contributed by atoms with van der Waals surface area (Å²) in [6.07, 6.45) is 5.81. The lowest BCUT2D eigenvalue weighted by Crippen LogP contribution is -2.20. The van der Waals surface area contributed by atoms with Crippen LogP contribution >= 0.6 is 0 Å². The van der Waals surface area contributed by atoms with Gasteiger partial charge in [-0.25, -0.2) is 5.48 Å². The number of nitrogens with zero attached hydrogens (tertiary/aromatic N) is 1. The molecular formula is C22H23N3O4. The minimum Gasteiger partial charge on any atom is -0.395 e. The van der Waals surface area contributed by atoms with Crippen LogP contribution in [-0.2, 0) is 4.79 Å². The molecule has 0 spiro atoms. The average Bonchev–Trinajstić information content (AvgIpc) is 2.75. The fraction of sp³-hybridized carbons (Fsp3) is 0.136. The van der Waals surface area contributed by atoms with E-state index in [-0.39, 0.29) is 12.5 Å². The van der Waals surface area contributed by atoms with Crippen molar-refractivity contribution in [3.05, 3.63) is 83.2 Å². The molecule has 2 aromatic carbocycles. The second-order valence-corrected chi connectivity index (χ2v) is 6.10. The van der Waals surface area contributed by atoms with Crippen LogP contribution < -0.4 is 15.7 Å². The van der Waals surface area contributed by atoms with E-state index in [9.17, 15) is 9.59 Å². The molecular weight excluding hydrogens is 370 g/mol. The number of likely N-dealkylation sites (N-methyl/N-ethyl adjacent to an activating group) is 1. The molecule has 7 nitrogen and oxygen atoms in total. The van der Waals surface area contributed by atoms with E-state index >= 15 is 0 Å². The normalized spacial score (nSPS) is 10.2. The summed E-state index contributed by atoms with van der Waals surface area (Å²) in [6.45, 7) is 0.657. The number of hydrogen-bond acceptors (Lipinski definition) is 5. The second kappa shape index (κ2) is 11.3. The lowest BCUT2D eigenvalue weighted by molar-refractivity contribution is -0.124. The average molecular weight is 393 g/mol. The predicted octanol–water partition coefficient (Wildman–Crippen LogP) is 2.19. The van der Waals surface area contributed by atoms with E-state index in [1.165, 1.54) is 17.8 Å². The Morgan fingerprint density at radius 1 is 1.14 bits per heavy atom. The summed E-state index contributed by atoms with van der Waals surface area (Å²) in [5.41, 5.74) is 7.40. The molecule has 2 rings (SSSR count). The number of benzene rings is 2. The third-order valence-electron chi connectivity index (χ3n) is 3.99. The topological polar surface area (TPSA) is 102 Å². The number of aliphatic hydroxyl groups excluding tert-OH is 1. The van der Waals surface area contributed by atoms with Crippen molar-refractivity contribution in [1.82, 2.24) is 10.8 Å². The molecule has 0 bridgehead atoms. The second-order valence-electron chi connectivity index (χ2n) is 6.10. The highest BCUT2D eigenvalue weighted by Crippen LogP contribution is 2.14. The third-order valence-corrected chi connectivity index (χ3v) is 3.99. The van der Waals surface area contributed by atoms with Gasteiger partial charge < -0.3 is 15.3 Å². The number of anilines is 1. The molecule has 0 aromatic heterocycles. The Morgan fingerprint density at radius 3 is 2.59 bits per heavy atom. The van der Waals surface area contributed by atoms with Gasteiger partial charge in [0.2, 0.25) is 0 Å². The van der Waals surface area contributed by atoms with Gasteiger partial charge in [-0.3, -0.25) is 14.8 Å². The van der Waals surface area contributed by atoms with Gasteiger partial charge in [-0.2, -0.15) is 0 Å². The molecule has 0 radical (unpaired) electrons. The first-order valence-corrected chi connectivity index (χ1v) is 8.89. The fourth-order valence-electron chi connectivity index (χ4n) is 2.43. The van der Waals surface area contributed by atoms with Crippen molar-refractivity contribution in [2.45, 2.75) is 0 Å². The molecule has 0 fully saturated rings. The number of nitrogens with one attached hydrogen (secondary N) is 2. The zero-order valence-corrected chi connectivity index (χ0v) is 16.0. The van der Waals surface area contributed by atoms with E-state index in [1.54, 1.807) is 30.3 Å². The first-order chi connectivity index (χ1) is 14.0. The Labute approximate surface area is 169 Å². The zero-order chi connectivity index (χ0) is 21.1. The highest BCUT2D eigenvalue weighted by atomic mass is 16.5. The van der Waals surface area contributed by atoms with Crippen molar-refractivity contribution in [3.8, 4) is 0 Å². The van der Waals surface area contributed by atoms with Crippen LogP contribution in [0.4, 0.5) is 5.69 Å². The van der Waals surface area contributed by atoms with E-state index in [0.717, 1.165) is 17.3 Å². The standard InChI is InChI=1S/C22H23N3O4/c1-25(14-15-26)20-10-7-17(8-11-20)5-3-13-23-22(28)19-6-2-4-18(16-19)9-12-21(27)24-29/h2,4-13,16,26,29H,14-15H2,1H3,(H,23,28)(H,24,27). The maximum atomic E-state index is 12.2. The molecule has 0 saturated heterocycles. The monoisotopic (exact) mass is 393 g/mol. The number of amides is 2. The molecule has 7 heteroatoms. The fourth-order valence-corrected chi connectivity index (χ4v) is 2.43. The van der Waals surface area contributed by atoms with Crippen LogP contribution in [-0.4, -0.2) is 42.3 Å². The highest BCUT2D eigenvalue weighted by molar-refractivity contribution is 5.96. The van der Waals surface area contributed by atoms with Gasteiger partial charge in [-0.1, -0.05) is 24.3 Å². The summed E-state index contributed by atoms with van der Waals surface area (Å²) in [6, 6.07) is 14.4. The van der Waals surface area contributed by atoms with Crippen molar-refractivity contribution < 1.29 is 19.9 Å². The van der Waals surface area contributed by atoms with Gasteiger partial charge in [0.15, 0.2) is 0 Å². The minimum absolute atomic E-state index is 0.0950. The Balaban J connectivity index is 1.97. The van der Waals surface area contributed by atoms with Crippen LogP contribution in [0.5, 0.6) is 0 Å². The third kappa shape index (κ3) is 7.12. The Kier molecular flexibility index (Phi) is 8.41. The molecule has 0 unspecified atom stereocenters. The van der Waals surface area contributed by atoms with Crippen molar-refractivity contribution in [2.24, 2.45) is 0 Å². The lowest BCUT2D eigenvalue weighted by Gasteiger charge is -2.17. The number of carbonyl (C=O) groups excluding carboxylic acids is 2. The quantitative estimate of drug-likeness (QED) is 0.238. The molecule has 0 aliphatic rings. The molecule has 0 aliphatic heterocycles. The zero-order valence-electron chi connectivity index (χ0n) is 16.0. The molecule has 0 heterocycles. The molecule has 4 N–H and O–H groups in total. The number of rotatable bonds is 8. The first-order valence-electron chi connectivity index (χ1n) is 8.89. The van der Waals surface area contributed by atoms with Gasteiger partial charge in [0.1, 0.15) is 0 Å². The van der Waals surface area contributed by atoms with E-state index in [4.69, 9.17) is 10.3 Å². The summed E-state index contributed by atoms with van der Waals surface area (Å²) in [4.78, 5) is 25.2. The summed E-state index contributed by atoms with van der Waals surface area (Å²) in [5.74, 6) is -0.963. The van der Waals surface area contributed by atoms with Crippen LogP contribution in [0.1, 0.15) is 21.5 Å². The first kappa shape index (κ1) is 21.7. The van der Waals surface area contributed by atoms with Gasteiger partial charge in [-0.15, -0.1) is 5.73 Å². The van der Waals surface area contributed by atoms with Crippen molar-refractivity contribution in [3.63, 3.8) is 0 Å². The maximum Gasteiger partial charge on any atom is 0.267 e. The van der Waals surface area contributed by atoms with E-state index in [1.807, 2.05) is 36.2 Å². The molecule has 2 amide bonds. The Morgan fingerprint density at radius 2 is 1.90 bits per heavy atom. The number of carbonyl (C=O) groups is 2. The van der Waals surface area contributed by atoms with Crippen LogP contribution in [0, 0.1) is 0 Å². The molecule has 0 aliphatic carbocycles. The van der Waals surface area contributed by atoms with Crippen molar-refractivity contribution in [1.29, 1.82) is 0 Å². The minimum atomic E-state index is -0.652. The highest BCUT2D eigenvalue weighted by Gasteiger charge is 2.03. The summed E-state index contributed by atoms with van der Waals surface area (Å²) in [7, 11) is 1.91. The summed E-state index contributed by atoms with van der Waals surface area (Å²) in [5, 5.41) is 20.1. The van der Waals surface area contributed by atoms with Gasteiger partial charge in [0.25, 0.3) is 11.8 Å². The number of hydrogen-bond donors (Lipinski definition) is 4. The van der Waals surface area contributed by atoms with Crippen molar-refractivity contribution >= 4 is 29.7 Å². The summed E-state index contributed by atoms with van der Waals surface area (Å²) < 4.78 is 0. The largest absolute Gasteiger partial charge is 0.395 e. The number of hydroxylamine groups is 1. The van der Waals surface area contributed by atoms with Crippen LogP contribution in [0.25, 0.3) is 12.2 Å². The van der Waals surface area contributed by atoms with Gasteiger partial charge in [0.05, 0.1) is 6.61 Å². The molecule has 0 saturated carbocycles. The van der Waals surface area contributed by atoms with Gasteiger partial charge in [-0.05, 0) is 47.5 Å². The van der Waals surface area contributed by atoms with Gasteiger partial charge >= 0.3 is 0 Å². The molecule has 29 heavy (non-hydrogen) atoms. The Bertz CT molecular complexity index is 929. The van der Waals surface area contributed by atoms with E-state index < -0.39 is 5.91 Å². The lowest BCUT2D eigenvalue weighted by atomic mass is 10.1. The molecule has 150 valence electrons. The molecule has 2 aromatic rings. The SMILES string of the molecule is CN(CCO)c1ccc(C=C=CNC(=O)c2cccc(C=CC(=O)NO)c2)cc1. The van der Waals surface area contributed by atoms with E-state index in [2.05, 4.69) is 11.0 Å². The van der Waals surface area contributed by atoms with Gasteiger partial charge in [0, 0.05) is 37.1 Å².